The second-order valence-electron chi connectivity index (χ2n) is 23.4. The number of aliphatic hydroxyl groups is 1. The van der Waals surface area contributed by atoms with E-state index in [4.69, 9.17) is 9.47 Å². The van der Waals surface area contributed by atoms with Crippen LogP contribution in [0.1, 0.15) is 116 Å². The molecule has 0 bridgehead atoms. The second kappa shape index (κ2) is 27.0. The lowest BCUT2D eigenvalue weighted by atomic mass is 9.85. The van der Waals surface area contributed by atoms with E-state index in [1.165, 1.54) is 23.3 Å². The first-order chi connectivity index (χ1) is 39.0. The number of aromatic amines is 1. The minimum absolute atomic E-state index is 0.000724. The fourth-order valence-corrected chi connectivity index (χ4v) is 12.4. The number of hydrogen-bond acceptors (Lipinski definition) is 12. The van der Waals surface area contributed by atoms with E-state index in [-0.39, 0.29) is 50.0 Å². The summed E-state index contributed by atoms with van der Waals surface area (Å²) >= 11 is 1.58. The predicted octanol–water partition coefficient (Wildman–Crippen LogP) is 7.83. The van der Waals surface area contributed by atoms with E-state index in [0.29, 0.717) is 43.4 Å². The number of aliphatic hydroxyl groups excluding tert-OH is 1. The summed E-state index contributed by atoms with van der Waals surface area (Å²) in [7, 11) is 0. The zero-order valence-corrected chi connectivity index (χ0v) is 48.8. The number of nitrogens with one attached hydrogen (secondary N) is 4. The molecular weight excluding hydrogens is 1040 g/mol. The Balaban J connectivity index is 0.663. The van der Waals surface area contributed by atoms with Crippen LogP contribution < -0.4 is 21.5 Å². The molecule has 5 N–H and O–H groups in total. The maximum absolute atomic E-state index is 14.0. The molecule has 3 aromatic carbocycles. The summed E-state index contributed by atoms with van der Waals surface area (Å²) in [5, 5.41) is 20.4. The number of pyridine rings is 1. The number of unbranched alkanes of at least 4 members (excludes halogenated alkanes) is 1. The van der Waals surface area contributed by atoms with Crippen LogP contribution in [-0.2, 0) is 43.5 Å². The number of hydrogen-bond donors (Lipinski definition) is 5. The third-order valence-corrected chi connectivity index (χ3v) is 17.2. The summed E-state index contributed by atoms with van der Waals surface area (Å²) in [5.74, 6) is -1.39. The first kappa shape index (κ1) is 59.1. The molecule has 0 unspecified atom stereocenters. The number of amides is 4. The van der Waals surface area contributed by atoms with Crippen molar-refractivity contribution in [3.05, 3.63) is 134 Å². The lowest BCUT2D eigenvalue weighted by Gasteiger charge is -2.35. The van der Waals surface area contributed by atoms with Crippen molar-refractivity contribution < 1.29 is 33.8 Å². The molecule has 1 saturated carbocycles. The molecule has 6 aromatic rings. The highest BCUT2D eigenvalue weighted by Gasteiger charge is 2.44. The zero-order valence-electron chi connectivity index (χ0n) is 48.0. The molecule has 3 fully saturated rings. The van der Waals surface area contributed by atoms with Crippen molar-refractivity contribution in [2.24, 2.45) is 5.41 Å². The van der Waals surface area contributed by atoms with Crippen LogP contribution in [0.2, 0.25) is 0 Å². The highest BCUT2D eigenvalue weighted by atomic mass is 32.1. The fourth-order valence-electron chi connectivity index (χ4n) is 11.6. The number of likely N-dealkylation sites (tertiary alicyclic amines) is 1. The summed E-state index contributed by atoms with van der Waals surface area (Å²) in [5.41, 5.74) is 11.1. The van der Waals surface area contributed by atoms with Crippen LogP contribution in [-0.4, -0.2) is 142 Å². The summed E-state index contributed by atoms with van der Waals surface area (Å²) in [6.45, 7) is 18.7. The number of piperazine rings is 1. The van der Waals surface area contributed by atoms with E-state index in [1.807, 2.05) is 83.5 Å². The fraction of sp³-hybridized carbons (Fsp3) is 0.492. The topological polar surface area (TPSA) is 203 Å². The molecule has 3 aromatic heterocycles. The summed E-state index contributed by atoms with van der Waals surface area (Å²) in [6.07, 6.45) is 7.57. The number of carbonyl (C=O) groups is 4. The van der Waals surface area contributed by atoms with Gasteiger partial charge in [0.15, 0.2) is 0 Å². The number of ether oxygens (including phenoxy) is 2. The molecule has 9 rings (SSSR count). The molecule has 18 heteroatoms. The third kappa shape index (κ3) is 15.1. The summed E-state index contributed by atoms with van der Waals surface area (Å²) in [6, 6.07) is 23.5. The number of carbonyl (C=O) groups excluding carboxylic acids is 4. The second-order valence-corrected chi connectivity index (χ2v) is 24.2. The maximum atomic E-state index is 14.0. The molecule has 432 valence electrons. The van der Waals surface area contributed by atoms with Crippen molar-refractivity contribution in [2.45, 2.75) is 130 Å². The van der Waals surface area contributed by atoms with Crippen molar-refractivity contribution >= 4 is 45.9 Å². The van der Waals surface area contributed by atoms with Gasteiger partial charge in [-0.2, -0.15) is 0 Å². The molecule has 3 aliphatic rings. The monoisotopic (exact) mass is 1120 g/mol. The van der Waals surface area contributed by atoms with Crippen LogP contribution in [0.15, 0.2) is 89.3 Å². The minimum atomic E-state index is -0.936. The van der Waals surface area contributed by atoms with Gasteiger partial charge in [-0.1, -0.05) is 82.1 Å². The van der Waals surface area contributed by atoms with Gasteiger partial charge in [0, 0.05) is 118 Å². The Morgan fingerprint density at radius 1 is 0.815 bits per heavy atom. The number of H-pyrrole nitrogens is 1. The molecular formula is C63H81N9O8S. The third-order valence-electron chi connectivity index (χ3n) is 16.2. The standard InChI is InChI=1S/C63H81N9O8S/c1-41-31-42(2)67-60(76)53(41)36-65-59(75)52-32-48(33-54-51(52)21-22-71(54)49-11-7-8-12-49)46-17-15-45(16-18-46)37-70-25-23-69(24-26-70)27-30-79-28-9-10-29-80-39-56(74)68-58(63(4,5)6)62(78)72-38-50(73)34-55(72)61(77)64-35-44-13-19-47(20-14-44)57-43(3)66-40-81-57/h13-22,31-33,40,49-50,55,58,73H,7-12,23-30,34-39H2,1-6H3,(H,64,77)(H,65,75)(H,67,76)(H,68,74)/t50-,55+,58-/m1/s1. The molecule has 2 aliphatic heterocycles. The molecule has 1 aliphatic carbocycles. The van der Waals surface area contributed by atoms with Crippen molar-refractivity contribution in [2.75, 3.05) is 65.7 Å². The molecule has 0 radical (unpaired) electrons. The SMILES string of the molecule is Cc1cc(C)c(CNC(=O)c2cc(-c3ccc(CN4CCN(CCOCCCCOCC(=O)N[C@H](C(=O)N5C[C@H](O)C[C@H]5C(=O)NCc5ccc(-c6scnc6C)cc5)C(C)(C)C)CC4)cc3)cc3c2ccn3C2CCCC2)c(=O)[nH]1. The van der Waals surface area contributed by atoms with Gasteiger partial charge in [0.25, 0.3) is 11.5 Å². The van der Waals surface area contributed by atoms with Crippen molar-refractivity contribution in [3.63, 3.8) is 0 Å². The van der Waals surface area contributed by atoms with E-state index in [1.54, 1.807) is 11.3 Å². The Labute approximate surface area is 479 Å². The first-order valence-corrected chi connectivity index (χ1v) is 29.7. The highest BCUT2D eigenvalue weighted by molar-refractivity contribution is 7.13. The number of benzene rings is 3. The lowest BCUT2D eigenvalue weighted by Crippen LogP contribution is -2.58. The molecule has 3 atom stereocenters. The van der Waals surface area contributed by atoms with Crippen LogP contribution in [0.4, 0.5) is 0 Å². The molecule has 2 saturated heterocycles. The van der Waals surface area contributed by atoms with Gasteiger partial charge in [-0.25, -0.2) is 4.98 Å². The smallest absolute Gasteiger partial charge is 0.253 e. The van der Waals surface area contributed by atoms with Gasteiger partial charge in [0.1, 0.15) is 18.7 Å². The van der Waals surface area contributed by atoms with E-state index >= 15 is 0 Å². The summed E-state index contributed by atoms with van der Waals surface area (Å²) in [4.78, 5) is 82.0. The van der Waals surface area contributed by atoms with Gasteiger partial charge >= 0.3 is 0 Å². The number of nitrogens with zero attached hydrogens (tertiary/aromatic N) is 5. The number of aromatic nitrogens is 3. The number of thiazole rings is 1. The number of rotatable bonds is 23. The van der Waals surface area contributed by atoms with Crippen molar-refractivity contribution in [1.29, 1.82) is 0 Å². The summed E-state index contributed by atoms with van der Waals surface area (Å²) < 4.78 is 14.1. The molecule has 4 amide bonds. The average Bonchev–Trinajstić information content (AvgIpc) is 4.37. The van der Waals surface area contributed by atoms with Gasteiger partial charge in [-0.05, 0) is 110 Å². The number of aryl methyl sites for hydroxylation is 3. The van der Waals surface area contributed by atoms with E-state index in [0.717, 1.165) is 114 Å². The first-order valence-electron chi connectivity index (χ1n) is 28.9. The van der Waals surface area contributed by atoms with Crippen molar-refractivity contribution in [1.82, 2.24) is 45.2 Å². The quantitative estimate of drug-likeness (QED) is 0.0392. The largest absolute Gasteiger partial charge is 0.391 e. The Morgan fingerprint density at radius 2 is 1.51 bits per heavy atom. The normalized spacial score (nSPS) is 17.7. The molecule has 81 heavy (non-hydrogen) atoms. The van der Waals surface area contributed by atoms with Gasteiger partial charge < -0.3 is 45.0 Å². The van der Waals surface area contributed by atoms with Crippen LogP contribution in [0.25, 0.3) is 32.5 Å². The lowest BCUT2D eigenvalue weighted by molar-refractivity contribution is -0.144. The van der Waals surface area contributed by atoms with E-state index in [2.05, 4.69) is 82.9 Å². The van der Waals surface area contributed by atoms with Crippen LogP contribution in [0.3, 0.4) is 0 Å². The number of β-amino-alcohol motifs (C(OH)–C–C–N with tert-alkyl or cyclic N) is 1. The van der Waals surface area contributed by atoms with Gasteiger partial charge in [0.05, 0.1) is 28.8 Å². The van der Waals surface area contributed by atoms with Crippen LogP contribution in [0.5, 0.6) is 0 Å². The highest BCUT2D eigenvalue weighted by Crippen LogP contribution is 2.37. The zero-order chi connectivity index (χ0) is 57.2. The predicted molar refractivity (Wildman–Crippen MR) is 317 cm³/mol. The molecule has 17 nitrogen and oxygen atoms in total. The average molecular weight is 1120 g/mol. The Morgan fingerprint density at radius 3 is 2.20 bits per heavy atom. The van der Waals surface area contributed by atoms with Crippen LogP contribution in [0, 0.1) is 26.2 Å². The van der Waals surface area contributed by atoms with E-state index < -0.39 is 35.4 Å². The number of fused-ring (bicyclic) bond motifs is 1. The van der Waals surface area contributed by atoms with Gasteiger partial charge in [-0.3, -0.25) is 33.8 Å². The molecule has 5 heterocycles. The van der Waals surface area contributed by atoms with Crippen LogP contribution >= 0.6 is 11.3 Å². The minimum Gasteiger partial charge on any atom is -0.391 e. The van der Waals surface area contributed by atoms with Gasteiger partial charge in [-0.15, -0.1) is 11.3 Å². The Hall–Kier alpha value is -6.54. The molecule has 0 spiro atoms. The Kier molecular flexibility index (Phi) is 19.7. The Bertz CT molecular complexity index is 3190. The van der Waals surface area contributed by atoms with E-state index in [9.17, 15) is 29.1 Å². The van der Waals surface area contributed by atoms with Crippen molar-refractivity contribution in [3.8, 4) is 21.6 Å². The maximum Gasteiger partial charge on any atom is 0.253 e. The van der Waals surface area contributed by atoms with Gasteiger partial charge in [0.2, 0.25) is 17.7 Å².